The van der Waals surface area contributed by atoms with Crippen molar-refractivity contribution >= 4 is 0 Å². The van der Waals surface area contributed by atoms with Gasteiger partial charge >= 0.3 is 0 Å². The molecule has 2 heteroatoms. The van der Waals surface area contributed by atoms with Crippen LogP contribution in [0.2, 0.25) is 0 Å². The molecule has 0 aromatic rings. The van der Waals surface area contributed by atoms with Gasteiger partial charge in [0.05, 0.1) is 0 Å². The van der Waals surface area contributed by atoms with E-state index >= 15 is 0 Å². The molecule has 0 aromatic carbocycles. The van der Waals surface area contributed by atoms with Gasteiger partial charge in [0, 0.05) is 18.6 Å². The molecule has 0 aliphatic heterocycles. The average Bonchev–Trinajstić information content (AvgIpc) is 3.10. The van der Waals surface area contributed by atoms with Crippen molar-refractivity contribution in [2.45, 2.75) is 64.0 Å². The molecule has 2 saturated carbocycles. The summed E-state index contributed by atoms with van der Waals surface area (Å²) in [6.07, 6.45) is 9.88. The zero-order valence-electron chi connectivity index (χ0n) is 10.1. The molecule has 2 aliphatic carbocycles. The van der Waals surface area contributed by atoms with Crippen molar-refractivity contribution in [3.63, 3.8) is 0 Å². The van der Waals surface area contributed by atoms with Crippen molar-refractivity contribution in [3.05, 3.63) is 0 Å². The summed E-state index contributed by atoms with van der Waals surface area (Å²) in [7, 11) is 0. The van der Waals surface area contributed by atoms with Crippen LogP contribution in [0.15, 0.2) is 0 Å². The summed E-state index contributed by atoms with van der Waals surface area (Å²) in [4.78, 5) is 2.64. The standard InChI is InChI=1S/C13H26N2/c1-2-15(10-13(14)11-8-9-11)12-6-4-3-5-7-12/h11-13H,2-10,14H2,1H3. The lowest BCUT2D eigenvalue weighted by molar-refractivity contribution is 0.151. The van der Waals surface area contributed by atoms with E-state index in [1.54, 1.807) is 0 Å². The number of rotatable bonds is 5. The first-order chi connectivity index (χ1) is 7.31. The van der Waals surface area contributed by atoms with Crippen LogP contribution in [0.1, 0.15) is 51.9 Å². The Kier molecular flexibility index (Phi) is 4.04. The van der Waals surface area contributed by atoms with Crippen LogP contribution in [0.25, 0.3) is 0 Å². The van der Waals surface area contributed by atoms with Crippen molar-refractivity contribution in [2.75, 3.05) is 13.1 Å². The lowest BCUT2D eigenvalue weighted by Crippen LogP contribution is -2.45. The van der Waals surface area contributed by atoms with Crippen molar-refractivity contribution < 1.29 is 0 Å². The Hall–Kier alpha value is -0.0800. The third-order valence-electron chi connectivity index (χ3n) is 4.17. The molecule has 0 heterocycles. The van der Waals surface area contributed by atoms with Crippen molar-refractivity contribution in [1.29, 1.82) is 0 Å². The summed E-state index contributed by atoms with van der Waals surface area (Å²) in [5, 5.41) is 0. The van der Waals surface area contributed by atoms with Crippen LogP contribution in [0.5, 0.6) is 0 Å². The minimum Gasteiger partial charge on any atom is -0.326 e. The van der Waals surface area contributed by atoms with Gasteiger partial charge in [-0.1, -0.05) is 26.2 Å². The summed E-state index contributed by atoms with van der Waals surface area (Å²) in [5.74, 6) is 0.850. The highest BCUT2D eigenvalue weighted by Gasteiger charge is 2.31. The molecule has 1 unspecified atom stereocenters. The maximum Gasteiger partial charge on any atom is 0.0196 e. The molecule has 2 fully saturated rings. The van der Waals surface area contributed by atoms with Gasteiger partial charge in [-0.25, -0.2) is 0 Å². The van der Waals surface area contributed by atoms with E-state index in [2.05, 4.69) is 11.8 Å². The van der Waals surface area contributed by atoms with Crippen LogP contribution in [0.4, 0.5) is 0 Å². The zero-order chi connectivity index (χ0) is 10.7. The summed E-state index contributed by atoms with van der Waals surface area (Å²) >= 11 is 0. The fraction of sp³-hybridized carbons (Fsp3) is 1.00. The maximum atomic E-state index is 6.22. The molecule has 0 radical (unpaired) electrons. The van der Waals surface area contributed by atoms with Gasteiger partial charge < -0.3 is 5.73 Å². The van der Waals surface area contributed by atoms with Gasteiger partial charge in [0.2, 0.25) is 0 Å². The number of hydrogen-bond acceptors (Lipinski definition) is 2. The molecule has 0 spiro atoms. The van der Waals surface area contributed by atoms with E-state index in [0.717, 1.165) is 18.5 Å². The molecule has 0 aromatic heterocycles. The first-order valence-electron chi connectivity index (χ1n) is 6.81. The molecule has 2 N–H and O–H groups in total. The van der Waals surface area contributed by atoms with Crippen molar-refractivity contribution in [1.82, 2.24) is 4.90 Å². The highest BCUT2D eigenvalue weighted by atomic mass is 15.2. The molecule has 2 nitrogen and oxygen atoms in total. The van der Waals surface area contributed by atoms with Crippen molar-refractivity contribution in [2.24, 2.45) is 11.7 Å². The number of nitrogens with zero attached hydrogens (tertiary/aromatic N) is 1. The molecule has 2 rings (SSSR count). The fourth-order valence-corrected chi connectivity index (χ4v) is 2.93. The van der Waals surface area contributed by atoms with Gasteiger partial charge in [0.1, 0.15) is 0 Å². The van der Waals surface area contributed by atoms with Crippen LogP contribution >= 0.6 is 0 Å². The monoisotopic (exact) mass is 210 g/mol. The SMILES string of the molecule is CCN(CC(N)C1CC1)C1CCCCC1. The highest BCUT2D eigenvalue weighted by Crippen LogP contribution is 2.32. The van der Waals surface area contributed by atoms with E-state index in [4.69, 9.17) is 5.73 Å². The van der Waals surface area contributed by atoms with Crippen molar-refractivity contribution in [3.8, 4) is 0 Å². The smallest absolute Gasteiger partial charge is 0.0196 e. The number of likely N-dealkylation sites (N-methyl/N-ethyl adjacent to an activating group) is 1. The fourth-order valence-electron chi connectivity index (χ4n) is 2.93. The molecule has 0 saturated heterocycles. The minimum atomic E-state index is 0.451. The third kappa shape index (κ3) is 3.18. The molecule has 2 aliphatic rings. The quantitative estimate of drug-likeness (QED) is 0.755. The highest BCUT2D eigenvalue weighted by molar-refractivity contribution is 4.87. The summed E-state index contributed by atoms with van der Waals surface area (Å²) in [6.45, 7) is 4.62. The van der Waals surface area contributed by atoms with Crippen LogP contribution < -0.4 is 5.73 Å². The Morgan fingerprint density at radius 2 is 1.80 bits per heavy atom. The minimum absolute atomic E-state index is 0.451. The summed E-state index contributed by atoms with van der Waals surface area (Å²) in [6, 6.07) is 1.29. The second-order valence-electron chi connectivity index (χ2n) is 5.38. The Morgan fingerprint density at radius 1 is 1.13 bits per heavy atom. The molecular weight excluding hydrogens is 184 g/mol. The number of hydrogen-bond donors (Lipinski definition) is 1. The normalized spacial score (nSPS) is 25.8. The Labute approximate surface area is 94.2 Å². The maximum absolute atomic E-state index is 6.22. The predicted molar refractivity (Wildman–Crippen MR) is 64.8 cm³/mol. The van der Waals surface area contributed by atoms with Crippen LogP contribution in [-0.2, 0) is 0 Å². The van der Waals surface area contributed by atoms with Crippen LogP contribution in [0, 0.1) is 5.92 Å². The van der Waals surface area contributed by atoms with E-state index in [1.165, 1.54) is 51.5 Å². The van der Waals surface area contributed by atoms with Gasteiger partial charge in [-0.15, -0.1) is 0 Å². The van der Waals surface area contributed by atoms with Crippen LogP contribution in [0.3, 0.4) is 0 Å². The average molecular weight is 210 g/mol. The largest absolute Gasteiger partial charge is 0.326 e. The predicted octanol–water partition coefficient (Wildman–Crippen LogP) is 2.38. The number of nitrogens with two attached hydrogens (primary N) is 1. The summed E-state index contributed by atoms with van der Waals surface area (Å²) < 4.78 is 0. The van der Waals surface area contributed by atoms with E-state index < -0.39 is 0 Å². The van der Waals surface area contributed by atoms with E-state index in [0.29, 0.717) is 6.04 Å². The van der Waals surface area contributed by atoms with Gasteiger partial charge in [0.15, 0.2) is 0 Å². The second-order valence-corrected chi connectivity index (χ2v) is 5.38. The molecule has 15 heavy (non-hydrogen) atoms. The molecule has 88 valence electrons. The van der Waals surface area contributed by atoms with E-state index in [-0.39, 0.29) is 0 Å². The van der Waals surface area contributed by atoms with Gasteiger partial charge in [-0.3, -0.25) is 4.90 Å². The lowest BCUT2D eigenvalue weighted by atomic mass is 9.93. The molecule has 0 amide bonds. The van der Waals surface area contributed by atoms with Gasteiger partial charge in [0.25, 0.3) is 0 Å². The van der Waals surface area contributed by atoms with E-state index in [9.17, 15) is 0 Å². The topological polar surface area (TPSA) is 29.3 Å². The van der Waals surface area contributed by atoms with Crippen LogP contribution in [-0.4, -0.2) is 30.1 Å². The Bertz CT molecular complexity index is 183. The Balaban J connectivity index is 1.79. The second kappa shape index (κ2) is 5.31. The van der Waals surface area contributed by atoms with Gasteiger partial charge in [-0.2, -0.15) is 0 Å². The third-order valence-corrected chi connectivity index (χ3v) is 4.17. The Morgan fingerprint density at radius 3 is 2.33 bits per heavy atom. The van der Waals surface area contributed by atoms with E-state index in [1.807, 2.05) is 0 Å². The molecule has 0 bridgehead atoms. The van der Waals surface area contributed by atoms with Gasteiger partial charge in [-0.05, 0) is 38.1 Å². The molecular formula is C13H26N2. The summed E-state index contributed by atoms with van der Waals surface area (Å²) in [5.41, 5.74) is 6.22. The first-order valence-corrected chi connectivity index (χ1v) is 6.81. The lowest BCUT2D eigenvalue weighted by Gasteiger charge is -2.35. The first kappa shape index (κ1) is 11.4. The zero-order valence-corrected chi connectivity index (χ0v) is 10.1. The molecule has 1 atom stereocenters.